The summed E-state index contributed by atoms with van der Waals surface area (Å²) >= 11 is 5.89. The minimum atomic E-state index is -3.28. The summed E-state index contributed by atoms with van der Waals surface area (Å²) in [5, 5.41) is 4.07. The van der Waals surface area contributed by atoms with Crippen molar-refractivity contribution in [2.24, 2.45) is 0 Å². The average Bonchev–Trinajstić information content (AvgIpc) is 3.25. The second-order valence-electron chi connectivity index (χ2n) is 7.82. The first-order chi connectivity index (χ1) is 14.8. The summed E-state index contributed by atoms with van der Waals surface area (Å²) in [6.07, 6.45) is 6.29. The summed E-state index contributed by atoms with van der Waals surface area (Å²) < 4.78 is 46.7. The number of piperazine rings is 1. The second kappa shape index (κ2) is 8.76. The Labute approximate surface area is 185 Å². The molecule has 2 aromatic rings. The van der Waals surface area contributed by atoms with Gasteiger partial charge in [0.1, 0.15) is 11.4 Å². The third kappa shape index (κ3) is 4.56. The van der Waals surface area contributed by atoms with E-state index < -0.39 is 21.4 Å². The maximum Gasteiger partial charge on any atom is 0.316 e. The molecular weight excluding hydrogens is 447 g/mol. The van der Waals surface area contributed by atoms with Crippen molar-refractivity contribution in [3.63, 3.8) is 0 Å². The fourth-order valence-electron chi connectivity index (χ4n) is 4.03. The molecule has 1 saturated carbocycles. The van der Waals surface area contributed by atoms with E-state index in [4.69, 9.17) is 16.3 Å². The average molecular weight is 471 g/mol. The van der Waals surface area contributed by atoms with Crippen LogP contribution in [-0.4, -0.2) is 61.0 Å². The lowest BCUT2D eigenvalue weighted by Gasteiger charge is -2.35. The van der Waals surface area contributed by atoms with E-state index >= 15 is 0 Å². The first kappa shape index (κ1) is 22.0. The Hall–Kier alpha value is -2.17. The van der Waals surface area contributed by atoms with Crippen LogP contribution in [0.4, 0.5) is 10.1 Å². The Bertz CT molecular complexity index is 1130. The summed E-state index contributed by atoms with van der Waals surface area (Å²) in [4.78, 5) is 15.2. The lowest BCUT2D eigenvalue weighted by Crippen LogP contribution is -2.49. The molecule has 0 spiro atoms. The third-order valence-corrected chi connectivity index (χ3v) is 7.30. The van der Waals surface area contributed by atoms with Crippen LogP contribution in [0.3, 0.4) is 0 Å². The van der Waals surface area contributed by atoms with Crippen molar-refractivity contribution in [1.82, 2.24) is 14.1 Å². The zero-order valence-corrected chi connectivity index (χ0v) is 18.7. The molecule has 1 saturated heterocycles. The van der Waals surface area contributed by atoms with Gasteiger partial charge in [-0.1, -0.05) is 17.7 Å². The molecule has 8 nitrogen and oxygen atoms in total. The lowest BCUT2D eigenvalue weighted by molar-refractivity contribution is 0.205. The number of ether oxygens (including phenoxy) is 1. The monoisotopic (exact) mass is 470 g/mol. The first-order valence-corrected chi connectivity index (χ1v) is 12.4. The van der Waals surface area contributed by atoms with Crippen LogP contribution >= 0.6 is 11.6 Å². The Morgan fingerprint density at radius 1 is 1.13 bits per heavy atom. The van der Waals surface area contributed by atoms with Crippen molar-refractivity contribution in [2.75, 3.05) is 37.3 Å². The van der Waals surface area contributed by atoms with Gasteiger partial charge in [0.2, 0.25) is 15.8 Å². The van der Waals surface area contributed by atoms with E-state index in [2.05, 4.69) is 5.10 Å². The topological polar surface area (TPSA) is 84.7 Å². The van der Waals surface area contributed by atoms with Crippen molar-refractivity contribution >= 4 is 27.3 Å². The van der Waals surface area contributed by atoms with Crippen LogP contribution in [0.1, 0.15) is 25.7 Å². The fraction of sp³-hybridized carbons (Fsp3) is 0.500. The van der Waals surface area contributed by atoms with Crippen molar-refractivity contribution in [1.29, 1.82) is 0 Å². The summed E-state index contributed by atoms with van der Waals surface area (Å²) in [5.74, 6) is -0.630. The number of rotatable bonds is 5. The number of hydrogen-bond acceptors (Lipinski definition) is 6. The van der Waals surface area contributed by atoms with Crippen molar-refractivity contribution < 1.29 is 17.5 Å². The molecule has 0 atom stereocenters. The fourth-order valence-corrected chi connectivity index (χ4v) is 5.02. The van der Waals surface area contributed by atoms with E-state index in [1.807, 2.05) is 4.90 Å². The van der Waals surface area contributed by atoms with Gasteiger partial charge in [-0.05, 0) is 37.8 Å². The molecule has 1 aromatic carbocycles. The molecule has 0 N–H and O–H groups in total. The van der Waals surface area contributed by atoms with E-state index in [0.717, 1.165) is 30.4 Å². The van der Waals surface area contributed by atoms with Gasteiger partial charge in [-0.15, -0.1) is 0 Å². The van der Waals surface area contributed by atoms with Crippen LogP contribution in [0.25, 0.3) is 5.69 Å². The number of hydrogen-bond donors (Lipinski definition) is 0. The summed E-state index contributed by atoms with van der Waals surface area (Å²) in [7, 11) is -3.28. The molecule has 1 aliphatic heterocycles. The zero-order chi connectivity index (χ0) is 22.2. The van der Waals surface area contributed by atoms with E-state index in [1.54, 1.807) is 6.07 Å². The van der Waals surface area contributed by atoms with Crippen LogP contribution in [0.5, 0.6) is 5.75 Å². The minimum absolute atomic E-state index is 0.0535. The highest BCUT2D eigenvalue weighted by atomic mass is 35.5. The van der Waals surface area contributed by atoms with Crippen molar-refractivity contribution in [3.05, 3.63) is 45.6 Å². The Morgan fingerprint density at radius 2 is 1.81 bits per heavy atom. The quantitative estimate of drug-likeness (QED) is 0.667. The number of halogens is 2. The van der Waals surface area contributed by atoms with Gasteiger partial charge in [0.05, 0.1) is 23.6 Å². The molecule has 0 unspecified atom stereocenters. The van der Waals surface area contributed by atoms with Crippen molar-refractivity contribution in [3.8, 4) is 11.4 Å². The van der Waals surface area contributed by atoms with Gasteiger partial charge >= 0.3 is 5.56 Å². The van der Waals surface area contributed by atoms with E-state index in [-0.39, 0.29) is 22.6 Å². The standard InChI is InChI=1S/C20H24ClFN4O4S/c1-31(28,29)25-11-9-24(10-12-25)17-13-23-26(16-8-4-7-15(21)18(16)22)20(27)19(17)30-14-5-2-3-6-14/h4,7-8,13-14H,2-3,5-6,9-12H2,1H3. The molecule has 4 rings (SSSR count). The Balaban J connectivity index is 1.72. The largest absolute Gasteiger partial charge is 0.483 e. The number of sulfonamides is 1. The highest BCUT2D eigenvalue weighted by Gasteiger charge is 2.29. The van der Waals surface area contributed by atoms with Gasteiger partial charge in [-0.2, -0.15) is 14.1 Å². The highest BCUT2D eigenvalue weighted by molar-refractivity contribution is 7.88. The number of benzene rings is 1. The predicted molar refractivity (Wildman–Crippen MR) is 116 cm³/mol. The Morgan fingerprint density at radius 3 is 2.45 bits per heavy atom. The first-order valence-electron chi connectivity index (χ1n) is 10.2. The van der Waals surface area contributed by atoms with Gasteiger partial charge in [0.15, 0.2) is 5.82 Å². The molecule has 1 aliphatic carbocycles. The minimum Gasteiger partial charge on any atom is -0.483 e. The molecular formula is C20H24ClFN4O4S. The normalized spacial score (nSPS) is 18.5. The zero-order valence-electron chi connectivity index (χ0n) is 17.1. The van der Waals surface area contributed by atoms with E-state index in [1.165, 1.54) is 28.9 Å². The van der Waals surface area contributed by atoms with Crippen LogP contribution in [-0.2, 0) is 10.0 Å². The van der Waals surface area contributed by atoms with Crippen LogP contribution in [0.2, 0.25) is 5.02 Å². The molecule has 2 heterocycles. The molecule has 0 amide bonds. The molecule has 168 valence electrons. The molecule has 0 radical (unpaired) electrons. The number of nitrogens with zero attached hydrogens (tertiary/aromatic N) is 4. The smallest absolute Gasteiger partial charge is 0.316 e. The second-order valence-corrected chi connectivity index (χ2v) is 10.2. The summed E-state index contributed by atoms with van der Waals surface area (Å²) in [6.45, 7) is 1.39. The summed E-state index contributed by atoms with van der Waals surface area (Å²) in [6, 6.07) is 4.38. The van der Waals surface area contributed by atoms with Gasteiger partial charge in [0.25, 0.3) is 0 Å². The molecule has 2 aliphatic rings. The molecule has 0 bridgehead atoms. The highest BCUT2D eigenvalue weighted by Crippen LogP contribution is 2.31. The lowest BCUT2D eigenvalue weighted by atomic mass is 10.2. The third-order valence-electron chi connectivity index (χ3n) is 5.71. The van der Waals surface area contributed by atoms with Gasteiger partial charge < -0.3 is 9.64 Å². The van der Waals surface area contributed by atoms with Crippen LogP contribution < -0.4 is 15.2 Å². The number of anilines is 1. The van der Waals surface area contributed by atoms with E-state index in [0.29, 0.717) is 31.9 Å². The van der Waals surface area contributed by atoms with Crippen molar-refractivity contribution in [2.45, 2.75) is 31.8 Å². The SMILES string of the molecule is CS(=O)(=O)N1CCN(c2cnn(-c3cccc(Cl)c3F)c(=O)c2OC2CCCC2)CC1. The molecule has 2 fully saturated rings. The molecule has 31 heavy (non-hydrogen) atoms. The molecule has 1 aromatic heterocycles. The van der Waals surface area contributed by atoms with Gasteiger partial charge in [-0.25, -0.2) is 12.8 Å². The van der Waals surface area contributed by atoms with Gasteiger partial charge in [-0.3, -0.25) is 4.79 Å². The predicted octanol–water partition coefficient (Wildman–Crippen LogP) is 2.43. The van der Waals surface area contributed by atoms with Gasteiger partial charge in [0, 0.05) is 26.2 Å². The maximum atomic E-state index is 14.6. The Kier molecular flexibility index (Phi) is 6.23. The molecule has 11 heteroatoms. The van der Waals surface area contributed by atoms with E-state index in [9.17, 15) is 17.6 Å². The summed E-state index contributed by atoms with van der Waals surface area (Å²) in [5.41, 5.74) is -0.137. The van der Waals surface area contributed by atoms with Crippen LogP contribution in [0.15, 0.2) is 29.2 Å². The maximum absolute atomic E-state index is 14.6. The number of aromatic nitrogens is 2. The van der Waals surface area contributed by atoms with Crippen LogP contribution in [0, 0.1) is 5.82 Å².